The maximum Gasteiger partial charge on any atom is 0.317 e. The van der Waals surface area contributed by atoms with Crippen LogP contribution < -0.4 is 5.32 Å². The molecule has 0 aromatic rings. The number of hydrogen-bond acceptors (Lipinski definition) is 3. The summed E-state index contributed by atoms with van der Waals surface area (Å²) >= 11 is 0. The summed E-state index contributed by atoms with van der Waals surface area (Å²) in [5.41, 5.74) is -0.733. The van der Waals surface area contributed by atoms with Gasteiger partial charge in [0.2, 0.25) is 0 Å². The molecule has 6 heteroatoms. The third-order valence-electron chi connectivity index (χ3n) is 4.08. The van der Waals surface area contributed by atoms with Crippen LogP contribution in [-0.2, 0) is 9.53 Å². The highest BCUT2D eigenvalue weighted by Crippen LogP contribution is 2.40. The zero-order chi connectivity index (χ0) is 13.9. The quantitative estimate of drug-likeness (QED) is 0.803. The maximum absolute atomic E-state index is 12.1. The average molecular weight is 270 g/mol. The van der Waals surface area contributed by atoms with Crippen molar-refractivity contribution in [1.82, 2.24) is 10.2 Å². The van der Waals surface area contributed by atoms with Crippen LogP contribution in [0.3, 0.4) is 0 Å². The number of carbonyl (C=O) groups excluding carboxylic acids is 1. The minimum atomic E-state index is -0.799. The van der Waals surface area contributed by atoms with Crippen LogP contribution in [0.15, 0.2) is 0 Å². The molecule has 108 valence electrons. The van der Waals surface area contributed by atoms with Crippen molar-refractivity contribution in [1.29, 1.82) is 0 Å². The Morgan fingerprint density at radius 3 is 2.74 bits per heavy atom. The van der Waals surface area contributed by atoms with Crippen molar-refractivity contribution in [2.75, 3.05) is 26.2 Å². The minimum Gasteiger partial charge on any atom is -0.481 e. The summed E-state index contributed by atoms with van der Waals surface area (Å²) in [7, 11) is 0. The molecule has 1 aliphatic carbocycles. The van der Waals surface area contributed by atoms with Crippen LogP contribution in [0.5, 0.6) is 0 Å². The first-order chi connectivity index (χ1) is 9.03. The van der Waals surface area contributed by atoms with Gasteiger partial charge in [-0.1, -0.05) is 6.42 Å². The zero-order valence-corrected chi connectivity index (χ0v) is 11.4. The molecule has 6 nitrogen and oxygen atoms in total. The van der Waals surface area contributed by atoms with Crippen molar-refractivity contribution in [3.8, 4) is 0 Å². The number of amides is 2. The van der Waals surface area contributed by atoms with Gasteiger partial charge in [-0.25, -0.2) is 4.79 Å². The fourth-order valence-corrected chi connectivity index (χ4v) is 2.61. The Hall–Kier alpha value is -1.30. The smallest absolute Gasteiger partial charge is 0.317 e. The lowest BCUT2D eigenvalue weighted by molar-refractivity contribution is -0.153. The van der Waals surface area contributed by atoms with Crippen LogP contribution in [-0.4, -0.2) is 54.4 Å². The van der Waals surface area contributed by atoms with E-state index in [2.05, 4.69) is 5.32 Å². The third kappa shape index (κ3) is 3.18. The van der Waals surface area contributed by atoms with Crippen molar-refractivity contribution >= 4 is 12.0 Å². The Bertz CT molecular complexity index is 355. The maximum atomic E-state index is 12.1. The number of nitrogens with zero attached hydrogens (tertiary/aromatic N) is 1. The second kappa shape index (κ2) is 5.77. The number of carboxylic acid groups (broad SMARTS) is 1. The molecule has 1 atom stereocenters. The fourth-order valence-electron chi connectivity index (χ4n) is 2.61. The lowest BCUT2D eigenvalue weighted by Crippen LogP contribution is -2.51. The first-order valence-corrected chi connectivity index (χ1v) is 6.91. The number of nitrogens with one attached hydrogen (secondary N) is 1. The third-order valence-corrected chi connectivity index (χ3v) is 4.08. The lowest BCUT2D eigenvalue weighted by atomic mass is 9.69. The monoisotopic (exact) mass is 270 g/mol. The van der Waals surface area contributed by atoms with Crippen LogP contribution in [0, 0.1) is 5.41 Å². The Morgan fingerprint density at radius 1 is 1.42 bits per heavy atom. The normalized spacial score (nSPS) is 26.2. The molecule has 0 aromatic carbocycles. The number of carbonyl (C=O) groups is 2. The second-order valence-electron chi connectivity index (χ2n) is 5.58. The Kier molecular flexibility index (Phi) is 4.29. The molecule has 0 spiro atoms. The van der Waals surface area contributed by atoms with Gasteiger partial charge in [0.05, 0.1) is 11.5 Å². The van der Waals surface area contributed by atoms with Gasteiger partial charge in [0.15, 0.2) is 0 Å². The van der Waals surface area contributed by atoms with E-state index in [0.717, 1.165) is 12.8 Å². The molecule has 19 heavy (non-hydrogen) atoms. The highest BCUT2D eigenvalue weighted by molar-refractivity contribution is 5.79. The molecule has 1 unspecified atom stereocenters. The van der Waals surface area contributed by atoms with E-state index in [9.17, 15) is 14.7 Å². The van der Waals surface area contributed by atoms with Crippen molar-refractivity contribution < 1.29 is 19.4 Å². The van der Waals surface area contributed by atoms with Crippen LogP contribution in [0.2, 0.25) is 0 Å². The molecule has 2 aliphatic rings. The van der Waals surface area contributed by atoms with Crippen molar-refractivity contribution in [3.63, 3.8) is 0 Å². The fraction of sp³-hybridized carbons (Fsp3) is 0.846. The number of ether oxygens (including phenoxy) is 1. The predicted octanol–water partition coefficient (Wildman–Crippen LogP) is 1.06. The summed E-state index contributed by atoms with van der Waals surface area (Å²) in [5.74, 6) is -0.799. The molecular weight excluding hydrogens is 248 g/mol. The Labute approximate surface area is 113 Å². The van der Waals surface area contributed by atoms with Crippen LogP contribution in [0.25, 0.3) is 0 Å². The molecule has 1 heterocycles. The lowest BCUT2D eigenvalue weighted by Gasteiger charge is -2.38. The average Bonchev–Trinajstić information content (AvgIpc) is 2.51. The van der Waals surface area contributed by atoms with E-state index in [4.69, 9.17) is 4.74 Å². The molecule has 2 rings (SSSR count). The van der Waals surface area contributed by atoms with E-state index in [1.165, 1.54) is 0 Å². The second-order valence-corrected chi connectivity index (χ2v) is 5.58. The first kappa shape index (κ1) is 14.1. The zero-order valence-electron chi connectivity index (χ0n) is 11.4. The van der Waals surface area contributed by atoms with Gasteiger partial charge >= 0.3 is 12.0 Å². The topological polar surface area (TPSA) is 78.9 Å². The van der Waals surface area contributed by atoms with E-state index in [0.29, 0.717) is 32.5 Å². The minimum absolute atomic E-state index is 0.0328. The summed E-state index contributed by atoms with van der Waals surface area (Å²) in [5, 5.41) is 12.0. The van der Waals surface area contributed by atoms with Crippen molar-refractivity contribution in [2.45, 2.75) is 38.7 Å². The molecule has 1 saturated carbocycles. The van der Waals surface area contributed by atoms with Gasteiger partial charge in [0, 0.05) is 26.2 Å². The number of carboxylic acids is 1. The molecule has 2 amide bonds. The predicted molar refractivity (Wildman–Crippen MR) is 68.9 cm³/mol. The molecule has 0 bridgehead atoms. The van der Waals surface area contributed by atoms with Crippen LogP contribution >= 0.6 is 0 Å². The molecule has 0 aromatic heterocycles. The summed E-state index contributed by atoms with van der Waals surface area (Å²) in [6.07, 6.45) is 3.09. The van der Waals surface area contributed by atoms with E-state index in [1.807, 2.05) is 6.92 Å². The highest BCUT2D eigenvalue weighted by atomic mass is 16.5. The number of urea groups is 1. The van der Waals surface area contributed by atoms with E-state index in [-0.39, 0.29) is 18.7 Å². The summed E-state index contributed by atoms with van der Waals surface area (Å²) in [4.78, 5) is 25.0. The molecule has 1 saturated heterocycles. The van der Waals surface area contributed by atoms with Gasteiger partial charge in [-0.05, 0) is 26.2 Å². The van der Waals surface area contributed by atoms with Gasteiger partial charge in [-0.15, -0.1) is 0 Å². The van der Waals surface area contributed by atoms with Gasteiger partial charge in [-0.2, -0.15) is 0 Å². The number of rotatable bonds is 3. The van der Waals surface area contributed by atoms with Gasteiger partial charge in [0.25, 0.3) is 0 Å². The standard InChI is InChI=1S/C13H22N2O4/c1-10-8-15(6-3-7-19-10)12(18)14-9-13(11(16)17)4-2-5-13/h10H,2-9H2,1H3,(H,14,18)(H,16,17). The summed E-state index contributed by atoms with van der Waals surface area (Å²) in [6, 6.07) is -0.176. The largest absolute Gasteiger partial charge is 0.481 e. The van der Waals surface area contributed by atoms with Gasteiger partial charge in [-0.3, -0.25) is 4.79 Å². The van der Waals surface area contributed by atoms with Crippen LogP contribution in [0.1, 0.15) is 32.6 Å². The Morgan fingerprint density at radius 2 is 2.16 bits per heavy atom. The first-order valence-electron chi connectivity index (χ1n) is 6.91. The summed E-state index contributed by atoms with van der Waals surface area (Å²) < 4.78 is 5.48. The van der Waals surface area contributed by atoms with Gasteiger partial charge in [0.1, 0.15) is 0 Å². The van der Waals surface area contributed by atoms with Crippen molar-refractivity contribution in [2.24, 2.45) is 5.41 Å². The summed E-state index contributed by atoms with van der Waals surface area (Å²) in [6.45, 7) is 4.06. The number of hydrogen-bond donors (Lipinski definition) is 2. The molecular formula is C13H22N2O4. The SMILES string of the molecule is CC1CN(C(=O)NCC2(C(=O)O)CCC2)CCCO1. The van der Waals surface area contributed by atoms with Crippen LogP contribution in [0.4, 0.5) is 4.79 Å². The molecule has 2 fully saturated rings. The van der Waals surface area contributed by atoms with E-state index in [1.54, 1.807) is 4.90 Å². The molecule has 0 radical (unpaired) electrons. The molecule has 2 N–H and O–H groups in total. The molecule has 1 aliphatic heterocycles. The van der Waals surface area contributed by atoms with E-state index < -0.39 is 11.4 Å². The van der Waals surface area contributed by atoms with Crippen molar-refractivity contribution in [3.05, 3.63) is 0 Å². The van der Waals surface area contributed by atoms with E-state index >= 15 is 0 Å². The number of aliphatic carboxylic acids is 1. The highest BCUT2D eigenvalue weighted by Gasteiger charge is 2.44. The van der Waals surface area contributed by atoms with Gasteiger partial charge < -0.3 is 20.1 Å². The Balaban J connectivity index is 1.85.